The molecule has 0 aliphatic rings. The molecule has 0 saturated carbocycles. The van der Waals surface area contributed by atoms with E-state index in [4.69, 9.17) is 0 Å². The number of hydrogen-bond acceptors (Lipinski definition) is 1. The van der Waals surface area contributed by atoms with Gasteiger partial charge in [-0.25, -0.2) is 0 Å². The fourth-order valence-corrected chi connectivity index (χ4v) is 1.94. The van der Waals surface area contributed by atoms with Crippen LogP contribution in [0.4, 0.5) is 13.2 Å². The van der Waals surface area contributed by atoms with E-state index in [9.17, 15) is 13.2 Å². The van der Waals surface area contributed by atoms with Crippen LogP contribution in [0.3, 0.4) is 0 Å². The highest BCUT2D eigenvalue weighted by Gasteiger charge is 2.30. The number of aryl methyl sites for hydroxylation is 1. The van der Waals surface area contributed by atoms with Gasteiger partial charge in [-0.1, -0.05) is 43.3 Å². The molecule has 20 heavy (non-hydrogen) atoms. The van der Waals surface area contributed by atoms with Gasteiger partial charge in [-0.3, -0.25) is 0 Å². The van der Waals surface area contributed by atoms with Crippen LogP contribution in [0.25, 0.3) is 0 Å². The number of rotatable bonds is 4. The summed E-state index contributed by atoms with van der Waals surface area (Å²) in [5.74, 6) is -0.192. The fraction of sp³-hybridized carbons (Fsp3) is 0.250. The van der Waals surface area contributed by atoms with Gasteiger partial charge in [0.15, 0.2) is 0 Å². The van der Waals surface area contributed by atoms with E-state index < -0.39 is 6.36 Å². The van der Waals surface area contributed by atoms with Gasteiger partial charge in [-0.05, 0) is 41.7 Å². The van der Waals surface area contributed by atoms with Crippen molar-refractivity contribution < 1.29 is 17.9 Å². The van der Waals surface area contributed by atoms with Crippen LogP contribution in [-0.2, 0) is 12.8 Å². The second-order valence-electron chi connectivity index (χ2n) is 4.54. The molecule has 2 aromatic rings. The summed E-state index contributed by atoms with van der Waals surface area (Å²) < 4.78 is 40.0. The molecule has 0 radical (unpaired) electrons. The van der Waals surface area contributed by atoms with E-state index in [-0.39, 0.29) is 5.75 Å². The van der Waals surface area contributed by atoms with Crippen molar-refractivity contribution in [1.82, 2.24) is 0 Å². The van der Waals surface area contributed by atoms with Gasteiger partial charge in [0.1, 0.15) is 5.75 Å². The smallest absolute Gasteiger partial charge is 0.406 e. The lowest BCUT2D eigenvalue weighted by atomic mass is 10.0. The Bertz CT molecular complexity index is 541. The van der Waals surface area contributed by atoms with Crippen LogP contribution < -0.4 is 4.74 Å². The third kappa shape index (κ3) is 4.30. The lowest BCUT2D eigenvalue weighted by Gasteiger charge is -2.09. The minimum absolute atomic E-state index is 0.192. The van der Waals surface area contributed by atoms with Gasteiger partial charge in [0, 0.05) is 0 Å². The van der Waals surface area contributed by atoms with Crippen LogP contribution in [0.15, 0.2) is 48.5 Å². The quantitative estimate of drug-likeness (QED) is 0.786. The number of alkyl halides is 3. The number of benzene rings is 2. The monoisotopic (exact) mass is 280 g/mol. The van der Waals surface area contributed by atoms with E-state index in [2.05, 4.69) is 23.8 Å². The molecule has 0 bridgehead atoms. The van der Waals surface area contributed by atoms with E-state index in [0.29, 0.717) is 6.42 Å². The van der Waals surface area contributed by atoms with Gasteiger partial charge in [0.05, 0.1) is 0 Å². The second kappa shape index (κ2) is 5.99. The Balaban J connectivity index is 2.02. The summed E-state index contributed by atoms with van der Waals surface area (Å²) in [6.45, 7) is 2.09. The average Bonchev–Trinajstić information content (AvgIpc) is 2.40. The first-order valence-corrected chi connectivity index (χ1v) is 6.39. The maximum Gasteiger partial charge on any atom is 0.573 e. The standard InChI is InChI=1S/C16H15F3O/c1-2-12-3-5-13(6-4-12)11-14-7-9-15(10-8-14)20-16(17,18)19/h3-10H,2,11H2,1H3. The molecule has 0 amide bonds. The van der Waals surface area contributed by atoms with Crippen LogP contribution in [0.1, 0.15) is 23.6 Å². The zero-order valence-electron chi connectivity index (χ0n) is 11.1. The molecule has 0 aliphatic carbocycles. The zero-order valence-corrected chi connectivity index (χ0v) is 11.1. The minimum Gasteiger partial charge on any atom is -0.406 e. The number of halogens is 3. The summed E-state index contributed by atoms with van der Waals surface area (Å²) >= 11 is 0. The predicted molar refractivity (Wildman–Crippen MR) is 71.8 cm³/mol. The summed E-state index contributed by atoms with van der Waals surface area (Å²) in [4.78, 5) is 0. The van der Waals surface area contributed by atoms with Crippen LogP contribution in [0.2, 0.25) is 0 Å². The summed E-state index contributed by atoms with van der Waals surface area (Å²) in [5.41, 5.74) is 3.35. The van der Waals surface area contributed by atoms with Crippen LogP contribution >= 0.6 is 0 Å². The molecule has 0 atom stereocenters. The van der Waals surface area contributed by atoms with Crippen LogP contribution in [0, 0.1) is 0 Å². The zero-order chi connectivity index (χ0) is 14.6. The largest absolute Gasteiger partial charge is 0.573 e. The van der Waals surface area contributed by atoms with Crippen molar-refractivity contribution in [2.24, 2.45) is 0 Å². The summed E-state index contributed by atoms with van der Waals surface area (Å²) in [5, 5.41) is 0. The molecule has 0 aliphatic heterocycles. The molecule has 2 aromatic carbocycles. The van der Waals surface area contributed by atoms with Gasteiger partial charge in [0.2, 0.25) is 0 Å². The van der Waals surface area contributed by atoms with E-state index in [1.54, 1.807) is 12.1 Å². The SMILES string of the molecule is CCc1ccc(Cc2ccc(OC(F)(F)F)cc2)cc1. The van der Waals surface area contributed by atoms with Crippen molar-refractivity contribution in [3.63, 3.8) is 0 Å². The molecule has 0 unspecified atom stereocenters. The molecule has 0 N–H and O–H groups in total. The third-order valence-electron chi connectivity index (χ3n) is 3.00. The second-order valence-corrected chi connectivity index (χ2v) is 4.54. The van der Waals surface area contributed by atoms with Crippen molar-refractivity contribution in [1.29, 1.82) is 0 Å². The lowest BCUT2D eigenvalue weighted by Crippen LogP contribution is -2.17. The fourth-order valence-electron chi connectivity index (χ4n) is 1.94. The number of hydrogen-bond donors (Lipinski definition) is 0. The Kier molecular flexibility index (Phi) is 4.32. The van der Waals surface area contributed by atoms with E-state index >= 15 is 0 Å². The van der Waals surface area contributed by atoms with Gasteiger partial charge < -0.3 is 4.74 Å². The first-order chi connectivity index (χ1) is 9.46. The predicted octanol–water partition coefficient (Wildman–Crippen LogP) is 4.74. The molecule has 106 valence electrons. The highest BCUT2D eigenvalue weighted by molar-refractivity contribution is 5.32. The molecular weight excluding hydrogens is 265 g/mol. The highest BCUT2D eigenvalue weighted by Crippen LogP contribution is 2.23. The van der Waals surface area contributed by atoms with Crippen molar-refractivity contribution >= 4 is 0 Å². The Labute approximate surface area is 116 Å². The van der Waals surface area contributed by atoms with Crippen molar-refractivity contribution in [3.8, 4) is 5.75 Å². The summed E-state index contributed by atoms with van der Waals surface area (Å²) in [6.07, 6.45) is -2.96. The topological polar surface area (TPSA) is 9.23 Å². The first-order valence-electron chi connectivity index (χ1n) is 6.39. The van der Waals surface area contributed by atoms with Crippen molar-refractivity contribution in [3.05, 3.63) is 65.2 Å². The van der Waals surface area contributed by atoms with E-state index in [1.807, 2.05) is 12.1 Å². The minimum atomic E-state index is -4.64. The molecule has 0 saturated heterocycles. The van der Waals surface area contributed by atoms with Crippen LogP contribution in [0.5, 0.6) is 5.75 Å². The van der Waals surface area contributed by atoms with Gasteiger partial charge >= 0.3 is 6.36 Å². The molecule has 0 heterocycles. The number of ether oxygens (including phenoxy) is 1. The Morgan fingerprint density at radius 3 is 1.70 bits per heavy atom. The Hall–Kier alpha value is -1.97. The third-order valence-corrected chi connectivity index (χ3v) is 3.00. The molecule has 1 nitrogen and oxygen atoms in total. The maximum atomic E-state index is 12.0. The van der Waals surface area contributed by atoms with Crippen molar-refractivity contribution in [2.45, 2.75) is 26.1 Å². The highest BCUT2D eigenvalue weighted by atomic mass is 19.4. The molecule has 2 rings (SSSR count). The molecule has 0 spiro atoms. The van der Waals surface area contributed by atoms with Gasteiger partial charge in [-0.15, -0.1) is 13.2 Å². The van der Waals surface area contributed by atoms with Crippen LogP contribution in [-0.4, -0.2) is 6.36 Å². The molecular formula is C16H15F3O. The van der Waals surface area contributed by atoms with E-state index in [1.165, 1.54) is 17.7 Å². The molecule has 0 fully saturated rings. The summed E-state index contributed by atoms with van der Waals surface area (Å²) in [7, 11) is 0. The summed E-state index contributed by atoms with van der Waals surface area (Å²) in [6, 6.07) is 14.2. The van der Waals surface area contributed by atoms with Gasteiger partial charge in [-0.2, -0.15) is 0 Å². The van der Waals surface area contributed by atoms with Crippen molar-refractivity contribution in [2.75, 3.05) is 0 Å². The molecule has 4 heteroatoms. The average molecular weight is 280 g/mol. The normalized spacial score (nSPS) is 11.4. The maximum absolute atomic E-state index is 12.0. The Morgan fingerprint density at radius 2 is 1.25 bits per heavy atom. The Morgan fingerprint density at radius 1 is 0.800 bits per heavy atom. The lowest BCUT2D eigenvalue weighted by molar-refractivity contribution is -0.274. The van der Waals surface area contributed by atoms with Gasteiger partial charge in [0.25, 0.3) is 0 Å². The molecule has 0 aromatic heterocycles. The van der Waals surface area contributed by atoms with E-state index in [0.717, 1.165) is 17.5 Å². The first kappa shape index (κ1) is 14.4.